The Morgan fingerprint density at radius 2 is 2.04 bits per heavy atom. The molecule has 0 saturated heterocycles. The van der Waals surface area contributed by atoms with E-state index in [9.17, 15) is 9.59 Å². The molecule has 0 radical (unpaired) electrons. The van der Waals surface area contributed by atoms with Crippen LogP contribution in [0.15, 0.2) is 6.20 Å². The molecule has 1 N–H and O–H groups in total. The SMILES string of the molecule is Cn1ncc(NC(=O)OC(C)(C)C)c1CCC(=O)OCC1(C)CC1. The second kappa shape index (κ2) is 6.83. The van der Waals surface area contributed by atoms with Gasteiger partial charge in [0.2, 0.25) is 0 Å². The Morgan fingerprint density at radius 1 is 1.38 bits per heavy atom. The predicted octanol–water partition coefficient (Wildman–Crippen LogP) is 3.04. The topological polar surface area (TPSA) is 82.5 Å². The van der Waals surface area contributed by atoms with E-state index in [1.165, 1.54) is 0 Å². The summed E-state index contributed by atoms with van der Waals surface area (Å²) in [6.07, 6.45) is 3.93. The maximum atomic E-state index is 11.9. The van der Waals surface area contributed by atoms with Crippen molar-refractivity contribution in [2.24, 2.45) is 12.5 Å². The van der Waals surface area contributed by atoms with Gasteiger partial charge in [-0.2, -0.15) is 5.10 Å². The molecular formula is C17H27N3O4. The van der Waals surface area contributed by atoms with Gasteiger partial charge in [0.15, 0.2) is 0 Å². The van der Waals surface area contributed by atoms with Gasteiger partial charge in [0.05, 0.1) is 30.6 Å². The molecule has 134 valence electrons. The molecule has 1 amide bonds. The average Bonchev–Trinajstić information content (AvgIpc) is 3.09. The van der Waals surface area contributed by atoms with E-state index in [-0.39, 0.29) is 17.8 Å². The van der Waals surface area contributed by atoms with Crippen molar-refractivity contribution < 1.29 is 19.1 Å². The van der Waals surface area contributed by atoms with Crippen molar-refractivity contribution in [2.75, 3.05) is 11.9 Å². The van der Waals surface area contributed by atoms with Crippen LogP contribution in [0.3, 0.4) is 0 Å². The lowest BCUT2D eigenvalue weighted by Gasteiger charge is -2.19. The molecule has 1 aromatic rings. The van der Waals surface area contributed by atoms with Crippen LogP contribution in [0, 0.1) is 5.41 Å². The number of esters is 1. The number of hydrogen-bond donors (Lipinski definition) is 1. The Morgan fingerprint density at radius 3 is 2.62 bits per heavy atom. The molecule has 7 heteroatoms. The zero-order valence-corrected chi connectivity index (χ0v) is 15.1. The molecule has 2 rings (SSSR count). The summed E-state index contributed by atoms with van der Waals surface area (Å²) in [7, 11) is 1.77. The molecule has 0 aliphatic heterocycles. The minimum atomic E-state index is -0.574. The van der Waals surface area contributed by atoms with E-state index in [0.717, 1.165) is 18.5 Å². The average molecular weight is 337 g/mol. The summed E-state index contributed by atoms with van der Waals surface area (Å²) in [5.74, 6) is -0.229. The molecule has 1 aliphatic rings. The van der Waals surface area contributed by atoms with Crippen LogP contribution in [0.1, 0.15) is 52.7 Å². The number of anilines is 1. The van der Waals surface area contributed by atoms with Crippen LogP contribution in [0.4, 0.5) is 10.5 Å². The quantitative estimate of drug-likeness (QED) is 0.807. The summed E-state index contributed by atoms with van der Waals surface area (Å²) in [6, 6.07) is 0. The summed E-state index contributed by atoms with van der Waals surface area (Å²) in [4.78, 5) is 23.8. The molecule has 1 aliphatic carbocycles. The molecule has 7 nitrogen and oxygen atoms in total. The first kappa shape index (κ1) is 18.3. The molecule has 24 heavy (non-hydrogen) atoms. The monoisotopic (exact) mass is 337 g/mol. The van der Waals surface area contributed by atoms with Gasteiger partial charge in [0.1, 0.15) is 5.60 Å². The molecule has 1 fully saturated rings. The minimum absolute atomic E-state index is 0.186. The van der Waals surface area contributed by atoms with Gasteiger partial charge in [-0.1, -0.05) is 6.92 Å². The summed E-state index contributed by atoms with van der Waals surface area (Å²) in [5, 5.41) is 6.81. The molecule has 0 aromatic carbocycles. The standard InChI is InChI=1S/C17H27N3O4/c1-16(2,3)24-15(22)19-12-10-18-20(5)13(12)6-7-14(21)23-11-17(4)8-9-17/h10H,6-9,11H2,1-5H3,(H,19,22). The molecule has 0 bridgehead atoms. The third-order valence-electron chi connectivity index (χ3n) is 3.95. The van der Waals surface area contributed by atoms with Crippen LogP contribution in [-0.4, -0.2) is 34.1 Å². The number of aryl methyl sites for hydroxylation is 1. The van der Waals surface area contributed by atoms with E-state index >= 15 is 0 Å². The van der Waals surface area contributed by atoms with E-state index in [1.807, 2.05) is 0 Å². The number of carbonyl (C=O) groups excluding carboxylic acids is 2. The second-order valence-corrected chi connectivity index (χ2v) is 7.73. The summed E-state index contributed by atoms with van der Waals surface area (Å²) in [5.41, 5.74) is 0.921. The number of rotatable bonds is 6. The number of hydrogen-bond acceptors (Lipinski definition) is 5. The minimum Gasteiger partial charge on any atom is -0.465 e. The van der Waals surface area contributed by atoms with Gasteiger partial charge in [0.25, 0.3) is 0 Å². The van der Waals surface area contributed by atoms with Gasteiger partial charge in [0, 0.05) is 18.9 Å². The van der Waals surface area contributed by atoms with Crippen molar-refractivity contribution in [3.05, 3.63) is 11.9 Å². The lowest BCUT2D eigenvalue weighted by molar-refractivity contribution is -0.145. The number of nitrogens with zero attached hydrogens (tertiary/aromatic N) is 2. The number of amides is 1. The molecule has 0 unspecified atom stereocenters. The van der Waals surface area contributed by atoms with E-state index < -0.39 is 11.7 Å². The zero-order chi connectivity index (χ0) is 18.0. The molecule has 1 heterocycles. The van der Waals surface area contributed by atoms with Gasteiger partial charge >= 0.3 is 12.1 Å². The van der Waals surface area contributed by atoms with Crippen LogP contribution >= 0.6 is 0 Å². The van der Waals surface area contributed by atoms with Gasteiger partial charge in [-0.3, -0.25) is 14.8 Å². The zero-order valence-electron chi connectivity index (χ0n) is 15.1. The van der Waals surface area contributed by atoms with Gasteiger partial charge in [-0.25, -0.2) is 4.79 Å². The highest BCUT2D eigenvalue weighted by molar-refractivity contribution is 5.85. The fourth-order valence-corrected chi connectivity index (χ4v) is 2.18. The van der Waals surface area contributed by atoms with Crippen molar-refractivity contribution in [1.29, 1.82) is 0 Å². The van der Waals surface area contributed by atoms with Crippen LogP contribution in [0.5, 0.6) is 0 Å². The van der Waals surface area contributed by atoms with Crippen molar-refractivity contribution in [1.82, 2.24) is 9.78 Å². The lowest BCUT2D eigenvalue weighted by Crippen LogP contribution is -2.27. The van der Waals surface area contributed by atoms with Crippen LogP contribution in [0.25, 0.3) is 0 Å². The number of ether oxygens (including phenoxy) is 2. The number of nitrogens with one attached hydrogen (secondary N) is 1. The third kappa shape index (κ3) is 5.54. The van der Waals surface area contributed by atoms with Crippen molar-refractivity contribution in [3.63, 3.8) is 0 Å². The highest BCUT2D eigenvalue weighted by atomic mass is 16.6. The Bertz CT molecular complexity index is 612. The summed E-state index contributed by atoms with van der Waals surface area (Å²) in [6.45, 7) is 8.00. The normalized spacial score (nSPS) is 15.7. The lowest BCUT2D eigenvalue weighted by atomic mass is 10.2. The fourth-order valence-electron chi connectivity index (χ4n) is 2.18. The van der Waals surface area contributed by atoms with Gasteiger partial charge in [-0.05, 0) is 33.6 Å². The molecule has 1 aromatic heterocycles. The smallest absolute Gasteiger partial charge is 0.412 e. The molecular weight excluding hydrogens is 310 g/mol. The first-order chi connectivity index (χ1) is 11.1. The Labute approximate surface area is 142 Å². The Kier molecular flexibility index (Phi) is 5.20. The fraction of sp³-hybridized carbons (Fsp3) is 0.706. The van der Waals surface area contributed by atoms with Gasteiger partial charge < -0.3 is 9.47 Å². The predicted molar refractivity (Wildman–Crippen MR) is 89.7 cm³/mol. The third-order valence-corrected chi connectivity index (χ3v) is 3.95. The first-order valence-electron chi connectivity index (χ1n) is 8.24. The van der Waals surface area contributed by atoms with E-state index in [0.29, 0.717) is 18.7 Å². The maximum absolute atomic E-state index is 11.9. The van der Waals surface area contributed by atoms with Crippen LogP contribution < -0.4 is 5.32 Å². The molecule has 0 atom stereocenters. The van der Waals surface area contributed by atoms with E-state index in [4.69, 9.17) is 9.47 Å². The maximum Gasteiger partial charge on any atom is 0.412 e. The van der Waals surface area contributed by atoms with Crippen molar-refractivity contribution in [2.45, 2.75) is 59.0 Å². The largest absolute Gasteiger partial charge is 0.465 e. The Hall–Kier alpha value is -2.05. The van der Waals surface area contributed by atoms with Crippen molar-refractivity contribution >= 4 is 17.7 Å². The van der Waals surface area contributed by atoms with Crippen molar-refractivity contribution in [3.8, 4) is 0 Å². The highest BCUT2D eigenvalue weighted by Crippen LogP contribution is 2.45. The van der Waals surface area contributed by atoms with Crippen LogP contribution in [-0.2, 0) is 27.7 Å². The van der Waals surface area contributed by atoms with Gasteiger partial charge in [-0.15, -0.1) is 0 Å². The first-order valence-corrected chi connectivity index (χ1v) is 8.24. The number of aromatic nitrogens is 2. The van der Waals surface area contributed by atoms with E-state index in [1.54, 1.807) is 38.7 Å². The summed E-state index contributed by atoms with van der Waals surface area (Å²) >= 11 is 0. The Balaban J connectivity index is 1.87. The van der Waals surface area contributed by atoms with E-state index in [2.05, 4.69) is 17.3 Å². The number of carbonyl (C=O) groups is 2. The summed E-state index contributed by atoms with van der Waals surface area (Å²) < 4.78 is 12.2. The van der Waals surface area contributed by atoms with Crippen LogP contribution in [0.2, 0.25) is 0 Å². The molecule has 1 saturated carbocycles. The second-order valence-electron chi connectivity index (χ2n) is 7.73. The molecule has 0 spiro atoms. The highest BCUT2D eigenvalue weighted by Gasteiger charge is 2.38.